The number of methoxy groups -OCH3 is 1. The highest BCUT2D eigenvalue weighted by atomic mass is 16.5. The van der Waals surface area contributed by atoms with Crippen LogP contribution in [0.4, 0.5) is 23.5 Å². The number of amides is 1. The number of ether oxygens (including phenoxy) is 3. The zero-order valence-electron chi connectivity index (χ0n) is 21.8. The van der Waals surface area contributed by atoms with Crippen molar-refractivity contribution in [2.24, 2.45) is 0 Å². The Morgan fingerprint density at radius 1 is 0.846 bits per heavy atom. The minimum absolute atomic E-state index is 0.104. The van der Waals surface area contributed by atoms with Crippen LogP contribution in [0.5, 0.6) is 5.75 Å². The molecule has 0 radical (unpaired) electrons. The number of anilines is 4. The maximum atomic E-state index is 12.0. The fourth-order valence-electron chi connectivity index (χ4n) is 3.12. The van der Waals surface area contributed by atoms with Gasteiger partial charge in [0.25, 0.3) is 5.91 Å². The molecule has 3 rings (SSSR count). The Morgan fingerprint density at radius 3 is 2.15 bits per heavy atom. The lowest BCUT2D eigenvalue weighted by Crippen LogP contribution is -2.27. The van der Waals surface area contributed by atoms with Crippen molar-refractivity contribution in [1.29, 1.82) is 0 Å². The van der Waals surface area contributed by atoms with E-state index in [1.165, 1.54) is 6.92 Å². The van der Waals surface area contributed by atoms with Gasteiger partial charge in [0.15, 0.2) is 0 Å². The van der Waals surface area contributed by atoms with Gasteiger partial charge in [-0.1, -0.05) is 18.2 Å². The molecule has 2 aromatic carbocycles. The van der Waals surface area contributed by atoms with Crippen LogP contribution in [-0.4, -0.2) is 84.6 Å². The lowest BCUT2D eigenvalue weighted by Gasteiger charge is -2.13. The van der Waals surface area contributed by atoms with Gasteiger partial charge in [0.05, 0.1) is 33.5 Å². The molecule has 0 saturated carbocycles. The number of nitrogens with zero attached hydrogens (tertiary/aromatic N) is 3. The highest BCUT2D eigenvalue weighted by Gasteiger charge is 2.14. The van der Waals surface area contributed by atoms with Crippen molar-refractivity contribution in [3.63, 3.8) is 0 Å². The molecule has 1 heterocycles. The summed E-state index contributed by atoms with van der Waals surface area (Å²) in [6.07, 6.45) is 0. The van der Waals surface area contributed by atoms with Gasteiger partial charge >= 0.3 is 5.97 Å². The van der Waals surface area contributed by atoms with Gasteiger partial charge in [-0.2, -0.15) is 15.0 Å². The number of carboxylic acids is 1. The molecule has 0 saturated heterocycles. The van der Waals surface area contributed by atoms with Crippen LogP contribution in [0.1, 0.15) is 17.3 Å². The maximum Gasteiger partial charge on any atom is 0.325 e. The number of rotatable bonds is 17. The quantitative estimate of drug-likeness (QED) is 0.159. The van der Waals surface area contributed by atoms with Gasteiger partial charge in [0.1, 0.15) is 11.8 Å². The molecule has 0 fully saturated rings. The number of hydrogen-bond acceptors (Lipinski definition) is 11. The molecule has 208 valence electrons. The molecule has 0 unspecified atom stereocenters. The van der Waals surface area contributed by atoms with Crippen LogP contribution >= 0.6 is 0 Å². The van der Waals surface area contributed by atoms with Crippen LogP contribution < -0.4 is 26.0 Å². The van der Waals surface area contributed by atoms with E-state index in [0.29, 0.717) is 56.5 Å². The van der Waals surface area contributed by atoms with E-state index in [-0.39, 0.29) is 23.8 Å². The van der Waals surface area contributed by atoms with Gasteiger partial charge in [-0.3, -0.25) is 9.59 Å². The second-order valence-electron chi connectivity index (χ2n) is 8.14. The van der Waals surface area contributed by atoms with Crippen LogP contribution in [0.15, 0.2) is 54.6 Å². The van der Waals surface area contributed by atoms with E-state index in [1.807, 2.05) is 18.2 Å². The van der Waals surface area contributed by atoms with Gasteiger partial charge < -0.3 is 40.6 Å². The molecule has 0 bridgehead atoms. The topological polar surface area (TPSA) is 169 Å². The van der Waals surface area contributed by atoms with Crippen molar-refractivity contribution in [2.75, 3.05) is 62.6 Å². The first-order valence-electron chi connectivity index (χ1n) is 12.3. The van der Waals surface area contributed by atoms with Gasteiger partial charge in [0.2, 0.25) is 17.8 Å². The first-order valence-corrected chi connectivity index (χ1v) is 12.3. The number of nitrogens with one attached hydrogen (secondary N) is 4. The fraction of sp³-hybridized carbons (Fsp3) is 0.346. The van der Waals surface area contributed by atoms with Crippen molar-refractivity contribution >= 4 is 35.4 Å². The van der Waals surface area contributed by atoms with E-state index in [9.17, 15) is 14.7 Å². The molecular formula is C26H33N7O6. The van der Waals surface area contributed by atoms with Crippen LogP contribution in [-0.2, 0) is 14.3 Å². The van der Waals surface area contributed by atoms with Crippen molar-refractivity contribution in [2.45, 2.75) is 13.0 Å². The van der Waals surface area contributed by atoms with Crippen LogP contribution in [0, 0.1) is 0 Å². The molecule has 0 spiro atoms. The lowest BCUT2D eigenvalue weighted by molar-refractivity contribution is -0.137. The average Bonchev–Trinajstić information content (AvgIpc) is 2.94. The number of aromatic nitrogens is 3. The van der Waals surface area contributed by atoms with Crippen LogP contribution in [0.2, 0.25) is 0 Å². The first kappa shape index (κ1) is 29.1. The third-order valence-corrected chi connectivity index (χ3v) is 5.17. The Morgan fingerprint density at radius 2 is 1.49 bits per heavy atom. The van der Waals surface area contributed by atoms with Gasteiger partial charge in [-0.25, -0.2) is 0 Å². The summed E-state index contributed by atoms with van der Waals surface area (Å²) in [6, 6.07) is 15.3. The second kappa shape index (κ2) is 15.7. The molecule has 3 aromatic rings. The predicted molar refractivity (Wildman–Crippen MR) is 146 cm³/mol. The number of carbonyl (C=O) groups excluding carboxylic acids is 1. The molecule has 0 aliphatic rings. The standard InChI is InChI=1S/C26H33N7O6/c1-18(23(35)36)29-25-31-24(32-26(33-25)30-20-8-10-21(37-2)11-9-20)28-13-15-39-17-16-38-14-12-27-22(34)19-6-4-3-5-7-19/h3-11,18H,12-17H2,1-2H3,(H,27,34)(H,35,36)(H3,28,29,30,31,32,33)/t18-/m0/s1. The molecule has 5 N–H and O–H groups in total. The van der Waals surface area contributed by atoms with Crippen molar-refractivity contribution in [1.82, 2.24) is 20.3 Å². The van der Waals surface area contributed by atoms with E-state index in [1.54, 1.807) is 43.5 Å². The van der Waals surface area contributed by atoms with E-state index in [4.69, 9.17) is 14.2 Å². The summed E-state index contributed by atoms with van der Waals surface area (Å²) in [6.45, 7) is 3.77. The Hall–Kier alpha value is -4.49. The largest absolute Gasteiger partial charge is 0.497 e. The fourth-order valence-corrected chi connectivity index (χ4v) is 3.12. The summed E-state index contributed by atoms with van der Waals surface area (Å²) in [5.74, 6) is 0.104. The van der Waals surface area contributed by atoms with E-state index in [2.05, 4.69) is 36.2 Å². The molecule has 1 amide bonds. The Bertz CT molecular complexity index is 1180. The molecule has 0 aliphatic carbocycles. The highest BCUT2D eigenvalue weighted by molar-refractivity contribution is 5.94. The summed E-state index contributed by atoms with van der Waals surface area (Å²) < 4.78 is 16.2. The zero-order valence-corrected chi connectivity index (χ0v) is 21.8. The molecule has 1 aromatic heterocycles. The second-order valence-corrected chi connectivity index (χ2v) is 8.14. The summed E-state index contributed by atoms with van der Waals surface area (Å²) in [4.78, 5) is 36.1. The van der Waals surface area contributed by atoms with Crippen molar-refractivity contribution in [3.05, 3.63) is 60.2 Å². The van der Waals surface area contributed by atoms with Gasteiger partial charge in [-0.05, 0) is 43.3 Å². The third-order valence-electron chi connectivity index (χ3n) is 5.17. The molecule has 39 heavy (non-hydrogen) atoms. The smallest absolute Gasteiger partial charge is 0.325 e. The Kier molecular flexibility index (Phi) is 11.7. The first-order chi connectivity index (χ1) is 18.9. The average molecular weight is 540 g/mol. The monoisotopic (exact) mass is 539 g/mol. The van der Waals surface area contributed by atoms with E-state index in [0.717, 1.165) is 0 Å². The Labute approximate surface area is 226 Å². The molecule has 13 nitrogen and oxygen atoms in total. The number of benzene rings is 2. The van der Waals surface area contributed by atoms with E-state index >= 15 is 0 Å². The summed E-state index contributed by atoms with van der Waals surface area (Å²) in [5, 5.41) is 20.9. The van der Waals surface area contributed by atoms with E-state index < -0.39 is 12.0 Å². The molecular weight excluding hydrogens is 506 g/mol. The third kappa shape index (κ3) is 10.4. The summed E-state index contributed by atoms with van der Waals surface area (Å²) in [5.41, 5.74) is 1.32. The minimum Gasteiger partial charge on any atom is -0.497 e. The highest BCUT2D eigenvalue weighted by Crippen LogP contribution is 2.19. The van der Waals surface area contributed by atoms with Crippen LogP contribution in [0.3, 0.4) is 0 Å². The lowest BCUT2D eigenvalue weighted by atomic mass is 10.2. The van der Waals surface area contributed by atoms with Crippen LogP contribution in [0.25, 0.3) is 0 Å². The minimum atomic E-state index is -1.04. The number of aliphatic carboxylic acids is 1. The predicted octanol–water partition coefficient (Wildman–Crippen LogP) is 2.38. The zero-order chi connectivity index (χ0) is 27.9. The Balaban J connectivity index is 1.39. The van der Waals surface area contributed by atoms with Crippen molar-refractivity contribution in [3.8, 4) is 5.75 Å². The van der Waals surface area contributed by atoms with Gasteiger partial charge in [-0.15, -0.1) is 0 Å². The summed E-state index contributed by atoms with van der Waals surface area (Å²) in [7, 11) is 1.58. The number of hydrogen-bond donors (Lipinski definition) is 5. The SMILES string of the molecule is COc1ccc(Nc2nc(NCCOCCOCCNC(=O)c3ccccc3)nc(N[C@@H](C)C(=O)O)n2)cc1. The molecule has 0 aliphatic heterocycles. The molecule has 13 heteroatoms. The van der Waals surface area contributed by atoms with Gasteiger partial charge in [0, 0.05) is 24.3 Å². The normalized spacial score (nSPS) is 11.3. The van der Waals surface area contributed by atoms with Crippen molar-refractivity contribution < 1.29 is 28.9 Å². The number of carbonyl (C=O) groups is 2. The maximum absolute atomic E-state index is 12.0. The number of carboxylic acid groups (broad SMARTS) is 1. The summed E-state index contributed by atoms with van der Waals surface area (Å²) >= 11 is 0. The molecule has 1 atom stereocenters.